The Hall–Kier alpha value is -3.67. The van der Waals surface area contributed by atoms with Crippen LogP contribution >= 0.6 is 0 Å². The van der Waals surface area contributed by atoms with Gasteiger partial charge in [0.05, 0.1) is 16.9 Å². The summed E-state index contributed by atoms with van der Waals surface area (Å²) in [6.07, 6.45) is 0.762. The second-order valence-electron chi connectivity index (χ2n) is 7.05. The van der Waals surface area contributed by atoms with E-state index in [4.69, 9.17) is 4.74 Å². The van der Waals surface area contributed by atoms with E-state index in [1.807, 2.05) is 61.0 Å². The van der Waals surface area contributed by atoms with Crippen molar-refractivity contribution in [3.8, 4) is 5.69 Å². The van der Waals surface area contributed by atoms with Crippen molar-refractivity contribution in [2.45, 2.75) is 26.9 Å². The van der Waals surface area contributed by atoms with Crippen LogP contribution in [0.5, 0.6) is 0 Å². The van der Waals surface area contributed by atoms with E-state index in [1.165, 1.54) is 0 Å². The topological polar surface area (TPSA) is 77.0 Å². The zero-order valence-electron chi connectivity index (χ0n) is 16.5. The van der Waals surface area contributed by atoms with Gasteiger partial charge in [-0.15, -0.1) is 0 Å². The predicted molar refractivity (Wildman–Crippen MR) is 111 cm³/mol. The third-order valence-corrected chi connectivity index (χ3v) is 4.86. The molecule has 0 spiro atoms. The maximum Gasteiger partial charge on any atom is 0.338 e. The zero-order valence-corrected chi connectivity index (χ0v) is 16.5. The van der Waals surface area contributed by atoms with Crippen molar-refractivity contribution in [3.05, 3.63) is 83.3 Å². The Labute approximate surface area is 168 Å². The minimum atomic E-state index is -0.891. The number of para-hydroxylation sites is 1. The van der Waals surface area contributed by atoms with Gasteiger partial charge in [-0.2, -0.15) is 5.10 Å². The number of benzene rings is 2. The van der Waals surface area contributed by atoms with Crippen LogP contribution in [0.2, 0.25) is 0 Å². The molecular weight excluding hydrogens is 366 g/mol. The molecule has 0 bridgehead atoms. The summed E-state index contributed by atoms with van der Waals surface area (Å²) in [4.78, 5) is 28.3. The van der Waals surface area contributed by atoms with Gasteiger partial charge in [-0.25, -0.2) is 9.48 Å². The smallest absolute Gasteiger partial charge is 0.338 e. The van der Waals surface area contributed by atoms with Crippen LogP contribution in [0.3, 0.4) is 0 Å². The van der Waals surface area contributed by atoms with Gasteiger partial charge in [-0.1, -0.05) is 18.2 Å². The molecule has 6 heteroatoms. The number of rotatable bonds is 5. The molecule has 0 saturated heterocycles. The van der Waals surface area contributed by atoms with Crippen LogP contribution in [0.15, 0.2) is 60.8 Å². The minimum Gasteiger partial charge on any atom is -0.451 e. The molecule has 4 rings (SSSR count). The monoisotopic (exact) mass is 387 g/mol. The summed E-state index contributed by atoms with van der Waals surface area (Å²) >= 11 is 0. The molecule has 29 heavy (non-hydrogen) atoms. The Morgan fingerprint density at radius 2 is 1.79 bits per heavy atom. The van der Waals surface area contributed by atoms with Gasteiger partial charge in [-0.3, -0.25) is 4.79 Å². The number of H-pyrrole nitrogens is 1. The Morgan fingerprint density at radius 3 is 2.48 bits per heavy atom. The quantitative estimate of drug-likeness (QED) is 0.407. The SMILES string of the molecule is Cc1cc(C)n(-c2ccc(C(=O)OC(C)C(=O)c3c[nH]c4ccccc34)cc2)n1. The second kappa shape index (κ2) is 7.39. The number of hydrogen-bond donors (Lipinski definition) is 1. The molecular formula is C23H21N3O3. The number of hydrogen-bond acceptors (Lipinski definition) is 4. The molecule has 2 aromatic carbocycles. The van der Waals surface area contributed by atoms with Gasteiger partial charge in [0.15, 0.2) is 6.10 Å². The molecule has 0 fully saturated rings. The molecule has 0 aliphatic carbocycles. The minimum absolute atomic E-state index is 0.241. The summed E-state index contributed by atoms with van der Waals surface area (Å²) < 4.78 is 7.23. The maximum atomic E-state index is 12.8. The molecule has 4 aromatic rings. The first-order valence-corrected chi connectivity index (χ1v) is 9.39. The van der Waals surface area contributed by atoms with Crippen molar-refractivity contribution >= 4 is 22.7 Å². The average Bonchev–Trinajstić information content (AvgIpc) is 3.30. The molecule has 1 unspecified atom stereocenters. The fraction of sp³-hybridized carbons (Fsp3) is 0.174. The number of nitrogens with one attached hydrogen (secondary N) is 1. The van der Waals surface area contributed by atoms with Crippen LogP contribution < -0.4 is 0 Å². The first kappa shape index (κ1) is 18.7. The van der Waals surface area contributed by atoms with Crippen molar-refractivity contribution in [1.82, 2.24) is 14.8 Å². The normalized spacial score (nSPS) is 12.1. The van der Waals surface area contributed by atoms with Gasteiger partial charge in [0.1, 0.15) is 0 Å². The molecule has 1 atom stereocenters. The van der Waals surface area contributed by atoms with Crippen molar-refractivity contribution in [1.29, 1.82) is 0 Å². The number of ether oxygens (including phenoxy) is 1. The van der Waals surface area contributed by atoms with Crippen LogP contribution in [0.4, 0.5) is 0 Å². The molecule has 146 valence electrons. The van der Waals surface area contributed by atoms with Crippen molar-refractivity contribution in [2.24, 2.45) is 0 Å². The number of Topliss-reactive ketones (excluding diaryl/α,β-unsaturated/α-hetero) is 1. The molecule has 0 saturated carbocycles. The van der Waals surface area contributed by atoms with E-state index >= 15 is 0 Å². The largest absolute Gasteiger partial charge is 0.451 e. The summed E-state index contributed by atoms with van der Waals surface area (Å²) in [7, 11) is 0. The Bertz CT molecular complexity index is 1200. The number of aromatic amines is 1. The lowest BCUT2D eigenvalue weighted by Gasteiger charge is -2.12. The fourth-order valence-electron chi connectivity index (χ4n) is 3.41. The summed E-state index contributed by atoms with van der Waals surface area (Å²) in [6.45, 7) is 5.49. The first-order valence-electron chi connectivity index (χ1n) is 9.39. The van der Waals surface area contributed by atoms with Gasteiger partial charge >= 0.3 is 5.97 Å². The molecule has 0 radical (unpaired) electrons. The van der Waals surface area contributed by atoms with E-state index in [1.54, 1.807) is 25.3 Å². The lowest BCUT2D eigenvalue weighted by molar-refractivity contribution is 0.0319. The van der Waals surface area contributed by atoms with E-state index in [9.17, 15) is 9.59 Å². The molecule has 6 nitrogen and oxygen atoms in total. The summed E-state index contributed by atoms with van der Waals surface area (Å²) in [5, 5.41) is 5.25. The average molecular weight is 387 g/mol. The van der Waals surface area contributed by atoms with Crippen LogP contribution in [-0.2, 0) is 4.74 Å². The lowest BCUT2D eigenvalue weighted by atomic mass is 10.1. The molecule has 0 aliphatic heterocycles. The highest BCUT2D eigenvalue weighted by molar-refractivity contribution is 6.10. The number of fused-ring (bicyclic) bond motifs is 1. The van der Waals surface area contributed by atoms with Crippen LogP contribution in [-0.4, -0.2) is 32.6 Å². The highest BCUT2D eigenvalue weighted by atomic mass is 16.5. The van der Waals surface area contributed by atoms with E-state index < -0.39 is 12.1 Å². The molecule has 2 aromatic heterocycles. The van der Waals surface area contributed by atoms with Gasteiger partial charge in [0.25, 0.3) is 0 Å². The highest BCUT2D eigenvalue weighted by Crippen LogP contribution is 2.20. The third-order valence-electron chi connectivity index (χ3n) is 4.86. The van der Waals surface area contributed by atoms with Crippen molar-refractivity contribution in [3.63, 3.8) is 0 Å². The van der Waals surface area contributed by atoms with Gasteiger partial charge in [0, 0.05) is 28.4 Å². The number of nitrogens with zero attached hydrogens (tertiary/aromatic N) is 2. The molecule has 2 heterocycles. The Kier molecular flexibility index (Phi) is 4.76. The van der Waals surface area contributed by atoms with Crippen molar-refractivity contribution < 1.29 is 14.3 Å². The van der Waals surface area contributed by atoms with E-state index in [0.29, 0.717) is 11.1 Å². The summed E-state index contributed by atoms with van der Waals surface area (Å²) in [5.41, 5.74) is 4.56. The summed E-state index contributed by atoms with van der Waals surface area (Å²) in [6, 6.07) is 16.5. The number of esters is 1. The van der Waals surface area contributed by atoms with E-state index in [0.717, 1.165) is 28.0 Å². The van der Waals surface area contributed by atoms with Crippen LogP contribution in [0.1, 0.15) is 39.0 Å². The number of carbonyl (C=O) groups excluding carboxylic acids is 2. The number of aromatic nitrogens is 3. The number of carbonyl (C=O) groups is 2. The van der Waals surface area contributed by atoms with E-state index in [-0.39, 0.29) is 5.78 Å². The van der Waals surface area contributed by atoms with Gasteiger partial charge in [0.2, 0.25) is 5.78 Å². The molecule has 0 aliphatic rings. The standard InChI is InChI=1S/C23H21N3O3/c1-14-12-15(2)26(25-14)18-10-8-17(9-11-18)23(28)29-16(3)22(27)20-13-24-21-7-5-4-6-19(20)21/h4-13,16,24H,1-3H3. The maximum absolute atomic E-state index is 12.8. The van der Waals surface area contributed by atoms with Gasteiger partial charge < -0.3 is 9.72 Å². The van der Waals surface area contributed by atoms with E-state index in [2.05, 4.69) is 10.1 Å². The van der Waals surface area contributed by atoms with Gasteiger partial charge in [-0.05, 0) is 57.2 Å². The highest BCUT2D eigenvalue weighted by Gasteiger charge is 2.23. The second-order valence-corrected chi connectivity index (χ2v) is 7.05. The lowest BCUT2D eigenvalue weighted by Crippen LogP contribution is -2.24. The summed E-state index contributed by atoms with van der Waals surface area (Å²) in [5.74, 6) is -0.777. The zero-order chi connectivity index (χ0) is 20.5. The Morgan fingerprint density at radius 1 is 1.07 bits per heavy atom. The fourth-order valence-corrected chi connectivity index (χ4v) is 3.41. The number of aryl methyl sites for hydroxylation is 2. The van der Waals surface area contributed by atoms with Crippen molar-refractivity contribution in [2.75, 3.05) is 0 Å². The number of ketones is 1. The molecule has 0 amide bonds. The first-order chi connectivity index (χ1) is 13.9. The van der Waals surface area contributed by atoms with Crippen LogP contribution in [0, 0.1) is 13.8 Å². The third kappa shape index (κ3) is 3.57. The predicted octanol–water partition coefficient (Wildman–Crippen LogP) is 4.40. The molecule has 1 N–H and O–H groups in total. The Balaban J connectivity index is 1.48. The van der Waals surface area contributed by atoms with Crippen LogP contribution in [0.25, 0.3) is 16.6 Å².